The smallest absolute Gasteiger partial charge is 0.257 e. The summed E-state index contributed by atoms with van der Waals surface area (Å²) < 4.78 is 49.8. The van der Waals surface area contributed by atoms with Gasteiger partial charge in [-0.05, 0) is 75.3 Å². The van der Waals surface area contributed by atoms with E-state index in [1.54, 1.807) is 12.1 Å². The Kier molecular flexibility index (Phi) is 6.75. The summed E-state index contributed by atoms with van der Waals surface area (Å²) in [6.07, 6.45) is 4.08. The number of hydrogen-bond acceptors (Lipinski definition) is 7. The number of piperidine rings is 1. The van der Waals surface area contributed by atoms with Crippen molar-refractivity contribution in [1.29, 1.82) is 0 Å². The van der Waals surface area contributed by atoms with Gasteiger partial charge in [-0.1, -0.05) is 0 Å². The maximum absolute atomic E-state index is 15.0. The summed E-state index contributed by atoms with van der Waals surface area (Å²) in [5.41, 5.74) is 2.81. The van der Waals surface area contributed by atoms with Gasteiger partial charge in [0.15, 0.2) is 0 Å². The van der Waals surface area contributed by atoms with Crippen molar-refractivity contribution in [2.24, 2.45) is 5.41 Å². The van der Waals surface area contributed by atoms with Gasteiger partial charge in [0, 0.05) is 13.1 Å². The molecule has 2 atom stereocenters. The highest BCUT2D eigenvalue weighted by Crippen LogP contribution is 2.54. The Morgan fingerprint density at radius 1 is 1.18 bits per heavy atom. The van der Waals surface area contributed by atoms with E-state index in [9.17, 15) is 13.2 Å². The van der Waals surface area contributed by atoms with E-state index in [0.29, 0.717) is 51.4 Å². The fourth-order valence-electron chi connectivity index (χ4n) is 6.01. The van der Waals surface area contributed by atoms with Crippen molar-refractivity contribution in [3.63, 3.8) is 0 Å². The van der Waals surface area contributed by atoms with E-state index in [-0.39, 0.29) is 12.2 Å². The lowest BCUT2D eigenvalue weighted by Crippen LogP contribution is -2.35. The van der Waals surface area contributed by atoms with Gasteiger partial charge >= 0.3 is 0 Å². The van der Waals surface area contributed by atoms with E-state index >= 15 is 4.39 Å². The van der Waals surface area contributed by atoms with Gasteiger partial charge in [0.1, 0.15) is 28.8 Å². The molecule has 2 aromatic carbocycles. The van der Waals surface area contributed by atoms with Crippen LogP contribution in [0.3, 0.4) is 0 Å². The summed E-state index contributed by atoms with van der Waals surface area (Å²) >= 11 is 0. The lowest BCUT2D eigenvalue weighted by atomic mass is 9.93. The lowest BCUT2D eigenvalue weighted by Gasteiger charge is -2.35. The molecule has 1 aliphatic carbocycles. The SMILES string of the molecule is CC1Cn2c(nc3c(NC(=O)c4ccc(NS(=O)(=O)CCO)cc4N4CCC5(CC4)CC5)ccc(F)c32)C(C)O1. The molecule has 2 unspecified atom stereocenters. The number of carbonyl (C=O) groups is 1. The van der Waals surface area contributed by atoms with Crippen LogP contribution in [-0.4, -0.2) is 60.5 Å². The molecule has 214 valence electrons. The molecule has 1 aromatic heterocycles. The van der Waals surface area contributed by atoms with Crippen LogP contribution in [-0.2, 0) is 21.3 Å². The Labute approximate surface area is 232 Å². The molecule has 2 aliphatic heterocycles. The summed E-state index contributed by atoms with van der Waals surface area (Å²) in [6, 6.07) is 7.65. The number of aliphatic hydroxyl groups is 1. The number of nitrogens with one attached hydrogen (secondary N) is 2. The van der Waals surface area contributed by atoms with Gasteiger partial charge in [-0.25, -0.2) is 17.8 Å². The van der Waals surface area contributed by atoms with Gasteiger partial charge < -0.3 is 24.6 Å². The number of rotatable bonds is 7. The maximum Gasteiger partial charge on any atom is 0.257 e. The molecule has 40 heavy (non-hydrogen) atoms. The summed E-state index contributed by atoms with van der Waals surface area (Å²) in [7, 11) is -3.74. The second-order valence-electron chi connectivity index (χ2n) is 11.3. The van der Waals surface area contributed by atoms with Gasteiger partial charge in [-0.15, -0.1) is 0 Å². The van der Waals surface area contributed by atoms with Gasteiger partial charge in [-0.2, -0.15) is 0 Å². The predicted molar refractivity (Wildman–Crippen MR) is 151 cm³/mol. The number of imidazole rings is 1. The standard InChI is InChI=1S/C28H34FN5O5S/c1-17-16-34-25-21(29)5-6-22(24(25)31-26(34)18(2)39-17)30-27(36)20-4-3-19(32-40(37,38)14-13-35)15-23(20)33-11-9-28(7-8-28)10-12-33/h3-6,15,17-18,32,35H,7-14,16H2,1-2H3,(H,30,36). The van der Waals surface area contributed by atoms with E-state index in [2.05, 4.69) is 19.9 Å². The average molecular weight is 572 g/mol. The monoisotopic (exact) mass is 571 g/mol. The number of aliphatic hydroxyl groups excluding tert-OH is 1. The molecule has 3 aromatic rings. The van der Waals surface area contributed by atoms with Crippen LogP contribution in [0, 0.1) is 11.2 Å². The van der Waals surface area contributed by atoms with Crippen LogP contribution < -0.4 is 14.9 Å². The second-order valence-corrected chi connectivity index (χ2v) is 13.1. The van der Waals surface area contributed by atoms with Crippen LogP contribution in [0.5, 0.6) is 0 Å². The maximum atomic E-state index is 15.0. The van der Waals surface area contributed by atoms with E-state index in [0.717, 1.165) is 25.9 Å². The number of anilines is 3. The Balaban J connectivity index is 1.34. The molecule has 0 radical (unpaired) electrons. The zero-order valence-corrected chi connectivity index (χ0v) is 23.4. The molecule has 3 N–H and O–H groups in total. The fourth-order valence-corrected chi connectivity index (χ4v) is 6.84. The number of halogens is 1. The number of benzene rings is 2. The molecule has 1 saturated carbocycles. The number of fused-ring (bicyclic) bond motifs is 3. The number of nitrogens with zero attached hydrogens (tertiary/aromatic N) is 3. The third-order valence-corrected chi connectivity index (χ3v) is 9.63. The molecular formula is C28H34FN5O5S. The molecule has 0 bridgehead atoms. The van der Waals surface area contributed by atoms with Crippen LogP contribution in [0.1, 0.15) is 61.8 Å². The Morgan fingerprint density at radius 2 is 1.93 bits per heavy atom. The summed E-state index contributed by atoms with van der Waals surface area (Å²) in [6.45, 7) is 5.28. The van der Waals surface area contributed by atoms with Crippen molar-refractivity contribution in [3.8, 4) is 0 Å². The second kappa shape index (κ2) is 10.0. The molecule has 1 saturated heterocycles. The molecule has 1 amide bonds. The minimum Gasteiger partial charge on any atom is -0.395 e. The Morgan fingerprint density at radius 3 is 2.62 bits per heavy atom. The van der Waals surface area contributed by atoms with E-state index in [4.69, 9.17) is 9.84 Å². The third kappa shape index (κ3) is 5.04. The Hall–Kier alpha value is -3.22. The van der Waals surface area contributed by atoms with Crippen LogP contribution >= 0.6 is 0 Å². The van der Waals surface area contributed by atoms with Gasteiger partial charge in [0.25, 0.3) is 5.91 Å². The number of sulfonamides is 1. The van der Waals surface area contributed by atoms with Crippen molar-refractivity contribution in [2.75, 3.05) is 40.4 Å². The van der Waals surface area contributed by atoms with Crippen LogP contribution in [0.15, 0.2) is 30.3 Å². The molecule has 12 heteroatoms. The number of amides is 1. The van der Waals surface area contributed by atoms with Crippen molar-refractivity contribution in [2.45, 2.75) is 58.3 Å². The van der Waals surface area contributed by atoms with Crippen molar-refractivity contribution < 1.29 is 27.4 Å². The first-order chi connectivity index (χ1) is 19.1. The summed E-state index contributed by atoms with van der Waals surface area (Å²) in [5, 5.41) is 12.0. The average Bonchev–Trinajstić information content (AvgIpc) is 3.53. The van der Waals surface area contributed by atoms with E-state index in [1.165, 1.54) is 31.0 Å². The van der Waals surface area contributed by atoms with Gasteiger partial charge in [-0.3, -0.25) is 9.52 Å². The summed E-state index contributed by atoms with van der Waals surface area (Å²) in [4.78, 5) is 20.5. The van der Waals surface area contributed by atoms with Crippen LogP contribution in [0.25, 0.3) is 11.0 Å². The first-order valence-electron chi connectivity index (χ1n) is 13.7. The first-order valence-corrected chi connectivity index (χ1v) is 15.4. The summed E-state index contributed by atoms with van der Waals surface area (Å²) in [5.74, 6) is -0.635. The largest absolute Gasteiger partial charge is 0.395 e. The molecule has 2 fully saturated rings. The highest BCUT2D eigenvalue weighted by Gasteiger charge is 2.44. The molecule has 10 nitrogen and oxygen atoms in total. The zero-order valence-electron chi connectivity index (χ0n) is 22.6. The molecule has 3 heterocycles. The Bertz CT molecular complexity index is 1580. The fraction of sp³-hybridized carbons (Fsp3) is 0.500. The number of ether oxygens (including phenoxy) is 1. The van der Waals surface area contributed by atoms with Gasteiger partial charge in [0.05, 0.1) is 47.6 Å². The molecule has 1 spiro atoms. The predicted octanol–water partition coefficient (Wildman–Crippen LogP) is 4.02. The normalized spacial score (nSPS) is 21.9. The number of carbonyl (C=O) groups excluding carboxylic acids is 1. The van der Waals surface area contributed by atoms with Crippen molar-refractivity contribution >= 4 is 44.0 Å². The highest BCUT2D eigenvalue weighted by atomic mass is 32.2. The minimum atomic E-state index is -3.74. The van der Waals surface area contributed by atoms with E-state index < -0.39 is 34.1 Å². The van der Waals surface area contributed by atoms with Crippen molar-refractivity contribution in [1.82, 2.24) is 9.55 Å². The third-order valence-electron chi connectivity index (χ3n) is 8.36. The molecule has 6 rings (SSSR count). The zero-order chi connectivity index (χ0) is 28.2. The first kappa shape index (κ1) is 27.0. The molecular weight excluding hydrogens is 537 g/mol. The number of hydrogen-bond donors (Lipinski definition) is 3. The van der Waals surface area contributed by atoms with Gasteiger partial charge in [0.2, 0.25) is 10.0 Å². The quantitative estimate of drug-likeness (QED) is 0.391. The molecule has 3 aliphatic rings. The van der Waals surface area contributed by atoms with Crippen LogP contribution in [0.2, 0.25) is 0 Å². The minimum absolute atomic E-state index is 0.104. The van der Waals surface area contributed by atoms with E-state index in [1.807, 2.05) is 18.4 Å². The lowest BCUT2D eigenvalue weighted by molar-refractivity contribution is -0.0286. The highest BCUT2D eigenvalue weighted by molar-refractivity contribution is 7.92. The topological polar surface area (TPSA) is 126 Å². The van der Waals surface area contributed by atoms with Crippen LogP contribution in [0.4, 0.5) is 21.5 Å². The number of aromatic nitrogens is 2. The van der Waals surface area contributed by atoms with Crippen molar-refractivity contribution in [3.05, 3.63) is 47.5 Å².